The second-order valence-corrected chi connectivity index (χ2v) is 5.88. The minimum atomic E-state index is -4.14. The molecular weight excluding hydrogens is 271 g/mol. The van der Waals surface area contributed by atoms with Crippen LogP contribution in [0.15, 0.2) is 12.5 Å². The Morgan fingerprint density at radius 2 is 2.21 bits per heavy atom. The van der Waals surface area contributed by atoms with Crippen LogP contribution in [-0.2, 0) is 15.7 Å². The predicted molar refractivity (Wildman–Crippen MR) is 66.7 cm³/mol. The summed E-state index contributed by atoms with van der Waals surface area (Å²) in [5.74, 6) is 0.665. The van der Waals surface area contributed by atoms with Gasteiger partial charge in [0.25, 0.3) is 0 Å². The van der Waals surface area contributed by atoms with Crippen LogP contribution in [0.25, 0.3) is 5.52 Å². The van der Waals surface area contributed by atoms with Gasteiger partial charge in [-0.05, 0) is 13.8 Å². The first-order chi connectivity index (χ1) is 8.87. The third-order valence-electron chi connectivity index (χ3n) is 2.59. The molecule has 2 aromatic heterocycles. The monoisotopic (exact) mass is 286 g/mol. The third kappa shape index (κ3) is 3.57. The zero-order valence-electron chi connectivity index (χ0n) is 10.6. The number of hydrogen-bond acceptors (Lipinski definition) is 5. The maximum Gasteiger partial charge on any atom is 0.350 e. The van der Waals surface area contributed by atoms with Gasteiger partial charge < -0.3 is 14.5 Å². The molecule has 2 heterocycles. The molecule has 104 valence electrons. The molecule has 1 atom stereocenters. The third-order valence-corrected chi connectivity index (χ3v) is 3.08. The first-order valence-electron chi connectivity index (χ1n) is 5.67. The summed E-state index contributed by atoms with van der Waals surface area (Å²) in [5.41, 5.74) is 1.62. The molecule has 0 aliphatic carbocycles. The van der Waals surface area contributed by atoms with E-state index < -0.39 is 13.9 Å². The lowest BCUT2D eigenvalue weighted by atomic mass is 10.3. The smallest absolute Gasteiger partial charge is 0.350 e. The molecule has 2 N–H and O–H groups in total. The van der Waals surface area contributed by atoms with Gasteiger partial charge in [-0.1, -0.05) is 0 Å². The van der Waals surface area contributed by atoms with E-state index in [2.05, 4.69) is 15.1 Å². The Hall–Kier alpha value is -1.34. The minimum Gasteiger partial charge on any atom is -0.365 e. The topological polar surface area (TPSA) is 110 Å². The maximum atomic E-state index is 10.7. The highest BCUT2D eigenvalue weighted by Crippen LogP contribution is 2.34. The Morgan fingerprint density at radius 3 is 2.89 bits per heavy atom. The van der Waals surface area contributed by atoms with Crippen LogP contribution in [0.4, 0.5) is 0 Å². The lowest BCUT2D eigenvalue weighted by Crippen LogP contribution is -2.15. The number of aryl methyl sites for hydroxylation is 1. The predicted octanol–water partition coefficient (Wildman–Crippen LogP) is 0.516. The highest BCUT2D eigenvalue weighted by atomic mass is 31.2. The molecule has 0 aromatic carbocycles. The van der Waals surface area contributed by atoms with Gasteiger partial charge in [0.05, 0.1) is 18.0 Å². The summed E-state index contributed by atoms with van der Waals surface area (Å²) in [7, 11) is -4.14. The van der Waals surface area contributed by atoms with Crippen molar-refractivity contribution in [2.24, 2.45) is 0 Å². The molecule has 0 saturated heterocycles. The molecule has 0 amide bonds. The van der Waals surface area contributed by atoms with E-state index >= 15 is 0 Å². The largest absolute Gasteiger partial charge is 0.365 e. The number of fused-ring (bicyclic) bond motifs is 1. The van der Waals surface area contributed by atoms with E-state index in [-0.39, 0.29) is 6.10 Å². The molecule has 2 aromatic rings. The van der Waals surface area contributed by atoms with Crippen molar-refractivity contribution >= 4 is 13.1 Å². The maximum absolute atomic E-state index is 10.7. The summed E-state index contributed by atoms with van der Waals surface area (Å²) in [5, 5.41) is 4.10. The first kappa shape index (κ1) is 14.1. The van der Waals surface area contributed by atoms with Gasteiger partial charge in [0.1, 0.15) is 24.0 Å². The van der Waals surface area contributed by atoms with Crippen LogP contribution in [0.3, 0.4) is 0 Å². The molecule has 0 radical (unpaired) electrons. The summed E-state index contributed by atoms with van der Waals surface area (Å²) in [6, 6.07) is 0. The molecule has 0 saturated carbocycles. The normalized spacial score (nSPS) is 13.9. The molecule has 0 spiro atoms. The highest BCUT2D eigenvalue weighted by molar-refractivity contribution is 7.51. The Morgan fingerprint density at radius 1 is 1.47 bits per heavy atom. The van der Waals surface area contributed by atoms with Gasteiger partial charge in [0.2, 0.25) is 0 Å². The fourth-order valence-corrected chi connectivity index (χ4v) is 2.12. The molecule has 0 aliphatic heterocycles. The van der Waals surface area contributed by atoms with Crippen molar-refractivity contribution in [3.05, 3.63) is 24.0 Å². The SMILES string of the molecule is Cc1ncnn2c(CC(C)OCP(=O)(O)O)ncc12. The second-order valence-electron chi connectivity index (χ2n) is 4.29. The van der Waals surface area contributed by atoms with Gasteiger partial charge >= 0.3 is 7.60 Å². The molecule has 8 nitrogen and oxygen atoms in total. The number of aromatic nitrogens is 4. The van der Waals surface area contributed by atoms with E-state index in [1.54, 1.807) is 17.6 Å². The molecule has 2 rings (SSSR count). The van der Waals surface area contributed by atoms with Crippen LogP contribution < -0.4 is 0 Å². The van der Waals surface area contributed by atoms with Crippen LogP contribution in [0.2, 0.25) is 0 Å². The molecular formula is C10H15N4O4P. The number of imidazole rings is 1. The van der Waals surface area contributed by atoms with E-state index in [0.717, 1.165) is 11.2 Å². The second kappa shape index (κ2) is 5.34. The highest BCUT2D eigenvalue weighted by Gasteiger charge is 2.17. The van der Waals surface area contributed by atoms with Crippen molar-refractivity contribution in [3.63, 3.8) is 0 Å². The van der Waals surface area contributed by atoms with Gasteiger partial charge in [-0.25, -0.2) is 14.5 Å². The lowest BCUT2D eigenvalue weighted by molar-refractivity contribution is 0.0869. The number of rotatable bonds is 5. The van der Waals surface area contributed by atoms with Crippen molar-refractivity contribution < 1.29 is 19.1 Å². The van der Waals surface area contributed by atoms with E-state index in [9.17, 15) is 4.57 Å². The molecule has 9 heteroatoms. The van der Waals surface area contributed by atoms with Gasteiger partial charge in [0, 0.05) is 6.42 Å². The molecule has 1 unspecified atom stereocenters. The summed E-state index contributed by atoms with van der Waals surface area (Å²) in [4.78, 5) is 25.8. The van der Waals surface area contributed by atoms with Crippen LogP contribution >= 0.6 is 7.60 Å². The van der Waals surface area contributed by atoms with Crippen LogP contribution in [0, 0.1) is 6.92 Å². The average molecular weight is 286 g/mol. The van der Waals surface area contributed by atoms with Crippen molar-refractivity contribution in [1.82, 2.24) is 19.6 Å². The number of hydrogen-bond donors (Lipinski definition) is 2. The minimum absolute atomic E-state index is 0.367. The summed E-state index contributed by atoms with van der Waals surface area (Å²) >= 11 is 0. The Kier molecular flexibility index (Phi) is 3.96. The van der Waals surface area contributed by atoms with Gasteiger partial charge in [0.15, 0.2) is 0 Å². The molecule has 0 aliphatic rings. The molecule has 0 bridgehead atoms. The van der Waals surface area contributed by atoms with E-state index in [0.29, 0.717) is 12.2 Å². The Labute approximate surface area is 109 Å². The zero-order chi connectivity index (χ0) is 14.0. The van der Waals surface area contributed by atoms with E-state index in [1.807, 2.05) is 6.92 Å². The van der Waals surface area contributed by atoms with Crippen LogP contribution in [0.5, 0.6) is 0 Å². The Balaban J connectivity index is 2.09. The van der Waals surface area contributed by atoms with Gasteiger partial charge in [-0.2, -0.15) is 5.10 Å². The number of nitrogens with zero attached hydrogens (tertiary/aromatic N) is 4. The van der Waals surface area contributed by atoms with Gasteiger partial charge in [-0.3, -0.25) is 4.57 Å². The fourth-order valence-electron chi connectivity index (χ4n) is 1.67. The first-order valence-corrected chi connectivity index (χ1v) is 7.47. The summed E-state index contributed by atoms with van der Waals surface area (Å²) in [6.07, 6.45) is 2.55. The van der Waals surface area contributed by atoms with Crippen LogP contribution in [-0.4, -0.2) is 41.8 Å². The quantitative estimate of drug-likeness (QED) is 0.771. The summed E-state index contributed by atoms with van der Waals surface area (Å²) in [6.45, 7) is 3.58. The van der Waals surface area contributed by atoms with Gasteiger partial charge in [-0.15, -0.1) is 0 Å². The molecule has 0 fully saturated rings. The van der Waals surface area contributed by atoms with Crippen LogP contribution in [0.1, 0.15) is 18.4 Å². The van der Waals surface area contributed by atoms with Crippen molar-refractivity contribution in [1.29, 1.82) is 0 Å². The van der Waals surface area contributed by atoms with Crippen molar-refractivity contribution in [2.45, 2.75) is 26.4 Å². The fraction of sp³-hybridized carbons (Fsp3) is 0.500. The standard InChI is InChI=1S/C10H15N4O4P/c1-7(18-6-19(15,16)17)3-10-11-4-9-8(2)12-5-13-14(9)10/h4-5,7H,3,6H2,1-2H3,(H2,15,16,17). The summed E-state index contributed by atoms with van der Waals surface area (Å²) < 4.78 is 17.5. The zero-order valence-corrected chi connectivity index (χ0v) is 11.5. The Bertz CT molecular complexity index is 623. The van der Waals surface area contributed by atoms with E-state index in [4.69, 9.17) is 14.5 Å². The average Bonchev–Trinajstić information content (AvgIpc) is 2.71. The van der Waals surface area contributed by atoms with E-state index in [1.165, 1.54) is 6.33 Å². The number of ether oxygens (including phenoxy) is 1. The molecule has 19 heavy (non-hydrogen) atoms. The lowest BCUT2D eigenvalue weighted by Gasteiger charge is -2.12. The van der Waals surface area contributed by atoms with Crippen molar-refractivity contribution in [3.8, 4) is 0 Å². The van der Waals surface area contributed by atoms with Crippen molar-refractivity contribution in [2.75, 3.05) is 6.35 Å².